The number of fused-ring (bicyclic) bond motifs is 1. The zero-order valence-corrected chi connectivity index (χ0v) is 16.8. The summed E-state index contributed by atoms with van der Waals surface area (Å²) in [5.41, 5.74) is 3.05. The molecule has 1 amide bonds. The molecule has 0 saturated carbocycles. The van der Waals surface area contributed by atoms with Crippen LogP contribution in [0.5, 0.6) is 0 Å². The summed E-state index contributed by atoms with van der Waals surface area (Å²) in [6.07, 6.45) is 1.49. The van der Waals surface area contributed by atoms with Crippen molar-refractivity contribution >= 4 is 17.0 Å². The second-order valence-corrected chi connectivity index (χ2v) is 7.72. The van der Waals surface area contributed by atoms with Crippen molar-refractivity contribution in [2.24, 2.45) is 0 Å². The molecule has 1 unspecified atom stereocenters. The van der Waals surface area contributed by atoms with E-state index in [2.05, 4.69) is 44.6 Å². The first kappa shape index (κ1) is 19.5. The van der Waals surface area contributed by atoms with E-state index in [0.717, 1.165) is 30.7 Å². The van der Waals surface area contributed by atoms with Gasteiger partial charge in [-0.2, -0.15) is 0 Å². The molecule has 0 bridgehead atoms. The maximum absolute atomic E-state index is 12.6. The van der Waals surface area contributed by atoms with Crippen molar-refractivity contribution in [1.29, 1.82) is 0 Å². The van der Waals surface area contributed by atoms with E-state index in [1.165, 1.54) is 11.8 Å². The maximum Gasteiger partial charge on any atom is 0.257 e. The van der Waals surface area contributed by atoms with E-state index in [-0.39, 0.29) is 17.9 Å². The molecular formula is C22H26N4O3. The molecule has 0 spiro atoms. The van der Waals surface area contributed by atoms with Gasteiger partial charge in [-0.15, -0.1) is 0 Å². The SMILES string of the molecule is CC(C)c1noc2ncc(C(=O)NCC3CN(Cc4ccccc4)CCO3)cc12. The Balaban J connectivity index is 1.35. The van der Waals surface area contributed by atoms with Crippen LogP contribution in [0.1, 0.15) is 41.4 Å². The number of aromatic nitrogens is 2. The Kier molecular flexibility index (Phi) is 5.87. The Morgan fingerprint density at radius 1 is 1.31 bits per heavy atom. The van der Waals surface area contributed by atoms with Gasteiger partial charge in [0, 0.05) is 32.4 Å². The van der Waals surface area contributed by atoms with Crippen LogP contribution in [0.15, 0.2) is 47.1 Å². The third-order valence-corrected chi connectivity index (χ3v) is 5.13. The summed E-state index contributed by atoms with van der Waals surface area (Å²) in [5.74, 6) is 0.0293. The molecule has 7 nitrogen and oxygen atoms in total. The first-order chi connectivity index (χ1) is 14.1. The van der Waals surface area contributed by atoms with E-state index in [0.29, 0.717) is 24.4 Å². The van der Waals surface area contributed by atoms with Crippen molar-refractivity contribution in [3.05, 3.63) is 59.4 Å². The zero-order chi connectivity index (χ0) is 20.2. The van der Waals surface area contributed by atoms with Gasteiger partial charge < -0.3 is 14.6 Å². The van der Waals surface area contributed by atoms with Gasteiger partial charge in [0.25, 0.3) is 11.6 Å². The van der Waals surface area contributed by atoms with E-state index in [1.807, 2.05) is 19.9 Å². The molecule has 1 N–H and O–H groups in total. The van der Waals surface area contributed by atoms with Crippen LogP contribution in [0.2, 0.25) is 0 Å². The second kappa shape index (κ2) is 8.71. The Labute approximate surface area is 170 Å². The molecule has 1 aliphatic rings. The lowest BCUT2D eigenvalue weighted by molar-refractivity contribution is -0.0292. The normalized spacial score (nSPS) is 17.7. The summed E-state index contributed by atoms with van der Waals surface area (Å²) in [4.78, 5) is 19.2. The molecular weight excluding hydrogens is 368 g/mol. The minimum absolute atomic E-state index is 0.0325. The van der Waals surface area contributed by atoms with Crippen LogP contribution in [-0.4, -0.2) is 53.3 Å². The van der Waals surface area contributed by atoms with Crippen molar-refractivity contribution in [2.75, 3.05) is 26.2 Å². The van der Waals surface area contributed by atoms with Crippen LogP contribution in [-0.2, 0) is 11.3 Å². The molecule has 1 aromatic carbocycles. The van der Waals surface area contributed by atoms with Gasteiger partial charge in [0.05, 0.1) is 29.4 Å². The minimum atomic E-state index is -0.168. The first-order valence-electron chi connectivity index (χ1n) is 10.0. The highest BCUT2D eigenvalue weighted by Gasteiger charge is 2.22. The molecule has 2 aromatic heterocycles. The fourth-order valence-corrected chi connectivity index (χ4v) is 3.59. The number of morpholine rings is 1. The molecule has 0 radical (unpaired) electrons. The quantitative estimate of drug-likeness (QED) is 0.692. The largest absolute Gasteiger partial charge is 0.374 e. The smallest absolute Gasteiger partial charge is 0.257 e. The molecule has 7 heteroatoms. The summed E-state index contributed by atoms with van der Waals surface area (Å²) < 4.78 is 11.1. The number of ether oxygens (including phenoxy) is 1. The molecule has 1 fully saturated rings. The topological polar surface area (TPSA) is 80.5 Å². The van der Waals surface area contributed by atoms with Gasteiger partial charge in [0.2, 0.25) is 0 Å². The number of rotatable bonds is 6. The molecule has 4 rings (SSSR count). The van der Waals surface area contributed by atoms with Gasteiger partial charge in [-0.05, 0) is 17.5 Å². The number of nitrogens with one attached hydrogen (secondary N) is 1. The Morgan fingerprint density at radius 3 is 2.93 bits per heavy atom. The lowest BCUT2D eigenvalue weighted by Crippen LogP contribution is -2.47. The van der Waals surface area contributed by atoms with Crippen molar-refractivity contribution in [3.8, 4) is 0 Å². The molecule has 3 heterocycles. The number of nitrogens with zero attached hydrogens (tertiary/aromatic N) is 3. The number of carbonyl (C=O) groups is 1. The summed E-state index contributed by atoms with van der Waals surface area (Å²) in [6, 6.07) is 12.2. The summed E-state index contributed by atoms with van der Waals surface area (Å²) in [7, 11) is 0. The van der Waals surface area contributed by atoms with Crippen LogP contribution >= 0.6 is 0 Å². The first-order valence-corrected chi connectivity index (χ1v) is 10.0. The monoisotopic (exact) mass is 394 g/mol. The van der Waals surface area contributed by atoms with Gasteiger partial charge in [-0.3, -0.25) is 9.69 Å². The molecule has 0 aliphatic carbocycles. The minimum Gasteiger partial charge on any atom is -0.374 e. The third kappa shape index (κ3) is 4.63. The van der Waals surface area contributed by atoms with Crippen LogP contribution < -0.4 is 5.32 Å². The maximum atomic E-state index is 12.6. The highest BCUT2D eigenvalue weighted by molar-refractivity contribution is 5.97. The number of hydrogen-bond acceptors (Lipinski definition) is 6. The predicted octanol–water partition coefficient (Wildman–Crippen LogP) is 2.98. The van der Waals surface area contributed by atoms with E-state index >= 15 is 0 Å². The predicted molar refractivity (Wildman–Crippen MR) is 110 cm³/mol. The van der Waals surface area contributed by atoms with Gasteiger partial charge in [0.15, 0.2) is 0 Å². The van der Waals surface area contributed by atoms with Crippen LogP contribution in [0.4, 0.5) is 0 Å². The summed E-state index contributed by atoms with van der Waals surface area (Å²) >= 11 is 0. The highest BCUT2D eigenvalue weighted by atomic mass is 16.5. The summed E-state index contributed by atoms with van der Waals surface area (Å²) in [5, 5.41) is 7.83. The molecule has 29 heavy (non-hydrogen) atoms. The van der Waals surface area contributed by atoms with E-state index < -0.39 is 0 Å². The molecule has 1 saturated heterocycles. The lowest BCUT2D eigenvalue weighted by atomic mass is 10.1. The molecule has 1 aliphatic heterocycles. The number of hydrogen-bond donors (Lipinski definition) is 1. The van der Waals surface area contributed by atoms with Crippen LogP contribution in [0, 0.1) is 0 Å². The van der Waals surface area contributed by atoms with Gasteiger partial charge >= 0.3 is 0 Å². The van der Waals surface area contributed by atoms with Crippen LogP contribution in [0.25, 0.3) is 11.1 Å². The van der Waals surface area contributed by atoms with Crippen LogP contribution in [0.3, 0.4) is 0 Å². The molecule has 152 valence electrons. The van der Waals surface area contributed by atoms with Gasteiger partial charge in [-0.1, -0.05) is 49.3 Å². The number of pyridine rings is 1. The highest BCUT2D eigenvalue weighted by Crippen LogP contribution is 2.24. The van der Waals surface area contributed by atoms with Crippen molar-refractivity contribution < 1.29 is 14.1 Å². The summed E-state index contributed by atoms with van der Waals surface area (Å²) in [6.45, 7) is 7.77. The fourth-order valence-electron chi connectivity index (χ4n) is 3.59. The molecule has 3 aromatic rings. The molecule has 1 atom stereocenters. The standard InChI is InChI=1S/C22H26N4O3/c1-15(2)20-19-10-17(11-24-22(19)29-25-20)21(27)23-12-18-14-26(8-9-28-18)13-16-6-4-3-5-7-16/h3-7,10-11,15,18H,8-9,12-14H2,1-2H3,(H,23,27). The van der Waals surface area contributed by atoms with E-state index in [4.69, 9.17) is 9.26 Å². The van der Waals surface area contributed by atoms with Crippen molar-refractivity contribution in [1.82, 2.24) is 20.4 Å². The van der Waals surface area contributed by atoms with Crippen molar-refractivity contribution in [3.63, 3.8) is 0 Å². The number of amides is 1. The zero-order valence-electron chi connectivity index (χ0n) is 16.8. The van der Waals surface area contributed by atoms with Gasteiger partial charge in [-0.25, -0.2) is 4.98 Å². The number of benzene rings is 1. The Hall–Kier alpha value is -2.77. The second-order valence-electron chi connectivity index (χ2n) is 7.72. The Morgan fingerprint density at radius 2 is 2.14 bits per heavy atom. The van der Waals surface area contributed by atoms with E-state index in [9.17, 15) is 4.79 Å². The van der Waals surface area contributed by atoms with Gasteiger partial charge in [0.1, 0.15) is 0 Å². The lowest BCUT2D eigenvalue weighted by Gasteiger charge is -2.33. The fraction of sp³-hybridized carbons (Fsp3) is 0.409. The van der Waals surface area contributed by atoms with Crippen molar-refractivity contribution in [2.45, 2.75) is 32.4 Å². The van der Waals surface area contributed by atoms with E-state index in [1.54, 1.807) is 6.07 Å². The number of carbonyl (C=O) groups excluding carboxylic acids is 1. The average Bonchev–Trinajstić information content (AvgIpc) is 3.16. The Bertz CT molecular complexity index is 971. The average molecular weight is 394 g/mol. The third-order valence-electron chi connectivity index (χ3n) is 5.13.